The third-order valence-electron chi connectivity index (χ3n) is 2.36. The smallest absolute Gasteiger partial charge is 0.416 e. The van der Waals surface area contributed by atoms with Crippen molar-refractivity contribution < 1.29 is 27.9 Å². The van der Waals surface area contributed by atoms with Gasteiger partial charge in [-0.25, -0.2) is 0 Å². The van der Waals surface area contributed by atoms with E-state index in [1.54, 1.807) is 0 Å². The lowest BCUT2D eigenvalue weighted by molar-refractivity contribution is -0.138. The molecule has 0 aliphatic heterocycles. The molecule has 0 unspecified atom stereocenters. The lowest BCUT2D eigenvalue weighted by Gasteiger charge is -2.10. The zero-order valence-electron chi connectivity index (χ0n) is 10.1. The van der Waals surface area contributed by atoms with Crippen molar-refractivity contribution in [3.8, 4) is 0 Å². The van der Waals surface area contributed by atoms with Crippen LogP contribution in [0.2, 0.25) is 5.02 Å². The molecule has 2 N–H and O–H groups in total. The predicted molar refractivity (Wildman–Crippen MR) is 66.6 cm³/mol. The van der Waals surface area contributed by atoms with Crippen molar-refractivity contribution in [2.24, 2.45) is 0 Å². The molecular weight excluding hydrogens is 299 g/mol. The average Bonchev–Trinajstić information content (AvgIpc) is 2.29. The lowest BCUT2D eigenvalue weighted by atomic mass is 10.2. The molecule has 1 rings (SSSR count). The van der Waals surface area contributed by atoms with E-state index < -0.39 is 23.6 Å². The number of carboxylic acids is 1. The maximum atomic E-state index is 12.4. The van der Waals surface area contributed by atoms with Crippen molar-refractivity contribution in [3.63, 3.8) is 0 Å². The number of carboxylic acid groups (broad SMARTS) is 1. The largest absolute Gasteiger partial charge is 0.481 e. The number of benzene rings is 1. The Labute approximate surface area is 117 Å². The molecule has 0 radical (unpaired) electrons. The standard InChI is InChI=1S/C12H11ClF3NO3/c13-8-6-7(12(14,15)16)4-5-9(8)17-10(18)2-1-3-11(19)20/h4-6H,1-3H2,(H,17,18)(H,19,20). The van der Waals surface area contributed by atoms with Crippen molar-refractivity contribution in [1.29, 1.82) is 0 Å². The number of rotatable bonds is 5. The van der Waals surface area contributed by atoms with Crippen LogP contribution < -0.4 is 5.32 Å². The first-order valence-electron chi connectivity index (χ1n) is 5.58. The molecule has 0 fully saturated rings. The molecule has 0 spiro atoms. The number of hydrogen-bond donors (Lipinski definition) is 2. The average molecular weight is 310 g/mol. The first kappa shape index (κ1) is 16.3. The normalized spacial score (nSPS) is 11.2. The van der Waals surface area contributed by atoms with Gasteiger partial charge >= 0.3 is 12.1 Å². The van der Waals surface area contributed by atoms with Crippen LogP contribution in [0.25, 0.3) is 0 Å². The van der Waals surface area contributed by atoms with Crippen LogP contribution in [-0.2, 0) is 15.8 Å². The fourth-order valence-corrected chi connectivity index (χ4v) is 1.63. The number of nitrogens with one attached hydrogen (secondary N) is 1. The Balaban J connectivity index is 2.65. The molecule has 0 aliphatic rings. The zero-order valence-corrected chi connectivity index (χ0v) is 10.9. The molecule has 20 heavy (non-hydrogen) atoms. The van der Waals surface area contributed by atoms with Gasteiger partial charge in [-0.05, 0) is 24.6 Å². The summed E-state index contributed by atoms with van der Waals surface area (Å²) in [5.74, 6) is -1.53. The highest BCUT2D eigenvalue weighted by Crippen LogP contribution is 2.33. The molecule has 1 aromatic rings. The molecule has 0 saturated heterocycles. The highest BCUT2D eigenvalue weighted by Gasteiger charge is 2.30. The van der Waals surface area contributed by atoms with Gasteiger partial charge in [-0.3, -0.25) is 9.59 Å². The second-order valence-corrected chi connectivity index (χ2v) is 4.40. The first-order chi connectivity index (χ1) is 9.20. The van der Waals surface area contributed by atoms with E-state index in [1.807, 2.05) is 0 Å². The van der Waals surface area contributed by atoms with Gasteiger partial charge in [-0.2, -0.15) is 13.2 Å². The Morgan fingerprint density at radius 1 is 1.25 bits per heavy atom. The van der Waals surface area contributed by atoms with Crippen LogP contribution in [0.1, 0.15) is 24.8 Å². The van der Waals surface area contributed by atoms with E-state index in [9.17, 15) is 22.8 Å². The Hall–Kier alpha value is -1.76. The van der Waals surface area contributed by atoms with Gasteiger partial charge < -0.3 is 10.4 Å². The van der Waals surface area contributed by atoms with E-state index in [0.717, 1.165) is 12.1 Å². The minimum Gasteiger partial charge on any atom is -0.481 e. The van der Waals surface area contributed by atoms with Gasteiger partial charge in [0.05, 0.1) is 16.3 Å². The maximum Gasteiger partial charge on any atom is 0.416 e. The van der Waals surface area contributed by atoms with Crippen LogP contribution in [0.3, 0.4) is 0 Å². The molecule has 0 aromatic heterocycles. The third-order valence-corrected chi connectivity index (χ3v) is 2.68. The molecule has 0 bridgehead atoms. The van der Waals surface area contributed by atoms with Crippen molar-refractivity contribution in [2.75, 3.05) is 5.32 Å². The quantitative estimate of drug-likeness (QED) is 0.874. The van der Waals surface area contributed by atoms with Crippen LogP contribution in [0.5, 0.6) is 0 Å². The van der Waals surface area contributed by atoms with Gasteiger partial charge in [-0.15, -0.1) is 0 Å². The number of carbonyl (C=O) groups excluding carboxylic acids is 1. The van der Waals surface area contributed by atoms with Crippen molar-refractivity contribution in [2.45, 2.75) is 25.4 Å². The molecule has 1 aromatic carbocycles. The SMILES string of the molecule is O=C(O)CCCC(=O)Nc1ccc(C(F)(F)F)cc1Cl. The number of amides is 1. The Morgan fingerprint density at radius 3 is 2.40 bits per heavy atom. The van der Waals surface area contributed by atoms with E-state index in [2.05, 4.69) is 5.32 Å². The van der Waals surface area contributed by atoms with Gasteiger partial charge in [0.1, 0.15) is 0 Å². The summed E-state index contributed by atoms with van der Waals surface area (Å²) in [7, 11) is 0. The van der Waals surface area contributed by atoms with E-state index in [-0.39, 0.29) is 30.0 Å². The minimum atomic E-state index is -4.51. The summed E-state index contributed by atoms with van der Waals surface area (Å²) >= 11 is 5.66. The number of anilines is 1. The number of halogens is 4. The van der Waals surface area contributed by atoms with E-state index in [4.69, 9.17) is 16.7 Å². The van der Waals surface area contributed by atoms with Gasteiger partial charge in [0.15, 0.2) is 0 Å². The van der Waals surface area contributed by atoms with Gasteiger partial charge in [-0.1, -0.05) is 11.6 Å². The van der Waals surface area contributed by atoms with Crippen LogP contribution in [0.15, 0.2) is 18.2 Å². The van der Waals surface area contributed by atoms with E-state index in [1.165, 1.54) is 0 Å². The molecular formula is C12H11ClF3NO3. The molecule has 8 heteroatoms. The Bertz CT molecular complexity index is 517. The summed E-state index contributed by atoms with van der Waals surface area (Å²) < 4.78 is 37.2. The number of aliphatic carboxylic acids is 1. The summed E-state index contributed by atoms with van der Waals surface area (Å²) in [6.07, 6.45) is -4.58. The molecule has 0 atom stereocenters. The third kappa shape index (κ3) is 5.08. The minimum absolute atomic E-state index is 0.0519. The molecule has 1 amide bonds. The van der Waals surface area contributed by atoms with Crippen molar-refractivity contribution in [1.82, 2.24) is 0 Å². The monoisotopic (exact) mass is 309 g/mol. The second kappa shape index (κ2) is 6.60. The second-order valence-electron chi connectivity index (χ2n) is 3.99. The maximum absolute atomic E-state index is 12.4. The van der Waals surface area contributed by atoms with Crippen molar-refractivity contribution >= 4 is 29.2 Å². The van der Waals surface area contributed by atoms with Crippen LogP contribution >= 0.6 is 11.6 Å². The predicted octanol–water partition coefficient (Wildman–Crippen LogP) is 3.55. The molecule has 4 nitrogen and oxygen atoms in total. The Morgan fingerprint density at radius 2 is 1.90 bits per heavy atom. The van der Waals surface area contributed by atoms with Crippen LogP contribution in [0, 0.1) is 0 Å². The van der Waals surface area contributed by atoms with Gasteiger partial charge in [0.25, 0.3) is 0 Å². The van der Waals surface area contributed by atoms with Gasteiger partial charge in [0, 0.05) is 12.8 Å². The fourth-order valence-electron chi connectivity index (χ4n) is 1.41. The summed E-state index contributed by atoms with van der Waals surface area (Å²) in [6.45, 7) is 0. The first-order valence-corrected chi connectivity index (χ1v) is 5.96. The van der Waals surface area contributed by atoms with Gasteiger partial charge in [0.2, 0.25) is 5.91 Å². The van der Waals surface area contributed by atoms with Crippen LogP contribution in [0.4, 0.5) is 18.9 Å². The number of hydrogen-bond acceptors (Lipinski definition) is 2. The summed E-state index contributed by atoms with van der Waals surface area (Å²) in [5.41, 5.74) is -0.855. The number of carbonyl (C=O) groups is 2. The topological polar surface area (TPSA) is 66.4 Å². The molecule has 0 heterocycles. The van der Waals surface area contributed by atoms with Crippen LogP contribution in [-0.4, -0.2) is 17.0 Å². The summed E-state index contributed by atoms with van der Waals surface area (Å²) in [5, 5.41) is 10.5. The molecule has 0 aliphatic carbocycles. The number of alkyl halides is 3. The summed E-state index contributed by atoms with van der Waals surface area (Å²) in [4.78, 5) is 21.7. The highest BCUT2D eigenvalue weighted by atomic mass is 35.5. The van der Waals surface area contributed by atoms with E-state index in [0.29, 0.717) is 6.07 Å². The molecule has 0 saturated carbocycles. The van der Waals surface area contributed by atoms with Crippen molar-refractivity contribution in [3.05, 3.63) is 28.8 Å². The highest BCUT2D eigenvalue weighted by molar-refractivity contribution is 6.33. The fraction of sp³-hybridized carbons (Fsp3) is 0.333. The summed E-state index contributed by atoms with van der Waals surface area (Å²) in [6, 6.07) is 2.58. The lowest BCUT2D eigenvalue weighted by Crippen LogP contribution is -2.13. The zero-order chi connectivity index (χ0) is 15.3. The van der Waals surface area contributed by atoms with E-state index >= 15 is 0 Å². The Kier molecular flexibility index (Phi) is 5.38. The molecule has 110 valence electrons.